The average Bonchev–Trinajstić information content (AvgIpc) is 2.79. The molecule has 0 radical (unpaired) electrons. The van der Waals surface area contributed by atoms with Crippen molar-refractivity contribution < 1.29 is 10.2 Å². The summed E-state index contributed by atoms with van der Waals surface area (Å²) in [4.78, 5) is 52.0. The maximum absolute atomic E-state index is 11.9. The first-order valence-electron chi connectivity index (χ1n) is 10.1. The number of hydrogen-bond acceptors (Lipinski definition) is 6. The van der Waals surface area contributed by atoms with Crippen LogP contribution in [0.2, 0.25) is 0 Å². The maximum Gasteiger partial charge on any atom is 0.328 e. The summed E-state index contributed by atoms with van der Waals surface area (Å²) >= 11 is 0. The lowest BCUT2D eigenvalue weighted by atomic mass is 10.1. The summed E-state index contributed by atoms with van der Waals surface area (Å²) in [6.07, 6.45) is 0. The Morgan fingerprint density at radius 3 is 1.38 bits per heavy atom. The summed E-state index contributed by atoms with van der Waals surface area (Å²) in [7, 11) is 0. The Morgan fingerprint density at radius 2 is 1.06 bits per heavy atom. The highest BCUT2D eigenvalue weighted by atomic mass is 16.3. The topological polar surface area (TPSA) is 150 Å². The highest BCUT2D eigenvalue weighted by Gasteiger charge is 2.07. The first-order valence-corrected chi connectivity index (χ1v) is 10.1. The van der Waals surface area contributed by atoms with Crippen molar-refractivity contribution in [1.82, 2.24) is 19.1 Å². The Morgan fingerprint density at radius 1 is 0.688 bits per heavy atom. The molecule has 0 bridgehead atoms. The second kappa shape index (κ2) is 9.58. The molecular weight excluding hydrogens is 416 g/mol. The van der Waals surface area contributed by atoms with E-state index < -0.39 is 11.4 Å². The molecule has 0 spiro atoms. The monoisotopic (exact) mass is 440 g/mol. The van der Waals surface area contributed by atoms with Gasteiger partial charge in [0, 0.05) is 13.1 Å². The minimum atomic E-state index is -0.421. The van der Waals surface area contributed by atoms with Crippen LogP contribution in [0.15, 0.2) is 55.6 Å². The van der Waals surface area contributed by atoms with E-state index in [1.165, 1.54) is 0 Å². The average molecular weight is 440 g/mol. The largest absolute Gasteiger partial charge is 0.392 e. The van der Waals surface area contributed by atoms with Gasteiger partial charge in [-0.25, -0.2) is 9.59 Å². The van der Waals surface area contributed by atoms with Crippen LogP contribution < -0.4 is 22.5 Å². The summed E-state index contributed by atoms with van der Waals surface area (Å²) in [5.74, 6) is 0. The van der Waals surface area contributed by atoms with E-state index in [1.807, 2.05) is 0 Å². The number of aromatic amines is 2. The molecule has 0 saturated carbocycles. The molecule has 2 heterocycles. The first kappa shape index (κ1) is 22.9. The molecule has 4 aromatic rings. The molecule has 10 nitrogen and oxygen atoms in total. The van der Waals surface area contributed by atoms with E-state index in [4.69, 9.17) is 10.2 Å². The molecule has 0 atom stereocenters. The normalized spacial score (nSPS) is 10.9. The fraction of sp³-hybridized carbons (Fsp3) is 0.273. The van der Waals surface area contributed by atoms with Gasteiger partial charge in [0.2, 0.25) is 0 Å². The molecule has 0 aliphatic rings. The number of aliphatic hydroxyl groups is 2. The van der Waals surface area contributed by atoms with Crippen molar-refractivity contribution in [3.8, 4) is 0 Å². The predicted octanol–water partition coefficient (Wildman–Crippen LogP) is 0.404. The van der Waals surface area contributed by atoms with Crippen LogP contribution in [0.4, 0.5) is 0 Å². The number of rotatable bonds is 4. The van der Waals surface area contributed by atoms with Crippen LogP contribution >= 0.6 is 0 Å². The van der Waals surface area contributed by atoms with Crippen molar-refractivity contribution in [2.45, 2.75) is 40.2 Å². The number of H-pyrrole nitrogens is 2. The molecule has 2 aromatic heterocycles. The van der Waals surface area contributed by atoms with Crippen LogP contribution in [-0.2, 0) is 26.3 Å². The van der Waals surface area contributed by atoms with Crippen molar-refractivity contribution in [3.05, 3.63) is 89.2 Å². The van der Waals surface area contributed by atoms with Gasteiger partial charge in [-0.1, -0.05) is 12.1 Å². The number of fused-ring (bicyclic) bond motifs is 2. The summed E-state index contributed by atoms with van der Waals surface area (Å²) in [6.45, 7) is 3.93. The summed E-state index contributed by atoms with van der Waals surface area (Å²) in [5, 5.41) is 18.8. The van der Waals surface area contributed by atoms with E-state index >= 15 is 0 Å². The third-order valence-electron chi connectivity index (χ3n) is 5.09. The third kappa shape index (κ3) is 4.32. The lowest BCUT2D eigenvalue weighted by molar-refractivity contribution is 0.282. The fourth-order valence-electron chi connectivity index (χ4n) is 3.37. The Labute approximate surface area is 181 Å². The zero-order chi connectivity index (χ0) is 23.4. The van der Waals surface area contributed by atoms with E-state index in [-0.39, 0.29) is 24.3 Å². The molecule has 0 saturated heterocycles. The maximum atomic E-state index is 11.9. The third-order valence-corrected chi connectivity index (χ3v) is 5.09. The fourth-order valence-corrected chi connectivity index (χ4v) is 3.37. The molecule has 2 aromatic carbocycles. The molecule has 0 unspecified atom stereocenters. The summed E-state index contributed by atoms with van der Waals surface area (Å²) in [6, 6.07) is 9.79. The van der Waals surface area contributed by atoms with Gasteiger partial charge >= 0.3 is 11.4 Å². The van der Waals surface area contributed by atoms with Crippen LogP contribution in [0.25, 0.3) is 21.8 Å². The molecule has 4 N–H and O–H groups in total. The molecule has 10 heteroatoms. The number of nitrogens with zero attached hydrogens (tertiary/aromatic N) is 2. The van der Waals surface area contributed by atoms with Crippen LogP contribution in [0.3, 0.4) is 0 Å². The number of aliphatic hydroxyl groups excluding tert-OH is 2. The van der Waals surface area contributed by atoms with Gasteiger partial charge in [-0.15, -0.1) is 0 Å². The number of hydrogen-bond donors (Lipinski definition) is 4. The van der Waals surface area contributed by atoms with Gasteiger partial charge < -0.3 is 20.2 Å². The van der Waals surface area contributed by atoms with Crippen molar-refractivity contribution in [2.24, 2.45) is 0 Å². The van der Waals surface area contributed by atoms with Gasteiger partial charge in [-0.2, -0.15) is 0 Å². The van der Waals surface area contributed by atoms with Crippen LogP contribution in [-0.4, -0.2) is 29.3 Å². The molecule has 0 aliphatic heterocycles. The summed E-state index contributed by atoms with van der Waals surface area (Å²) < 4.78 is 2.28. The van der Waals surface area contributed by atoms with Gasteiger partial charge in [-0.05, 0) is 49.2 Å². The number of benzene rings is 2. The number of aromatic nitrogens is 4. The van der Waals surface area contributed by atoms with Crippen LogP contribution in [0.5, 0.6) is 0 Å². The van der Waals surface area contributed by atoms with E-state index in [0.29, 0.717) is 46.0 Å². The zero-order valence-corrected chi connectivity index (χ0v) is 17.7. The minimum absolute atomic E-state index is 0.116. The molecule has 0 fully saturated rings. The Bertz CT molecular complexity index is 1390. The Kier molecular flexibility index (Phi) is 6.86. The number of nitrogens with one attached hydrogen (secondary N) is 2. The van der Waals surface area contributed by atoms with Crippen LogP contribution in [0, 0.1) is 0 Å². The van der Waals surface area contributed by atoms with E-state index in [9.17, 15) is 19.2 Å². The van der Waals surface area contributed by atoms with Gasteiger partial charge in [0.1, 0.15) is 0 Å². The smallest absolute Gasteiger partial charge is 0.328 e. The lowest BCUT2D eigenvalue weighted by Crippen LogP contribution is -2.34. The SMILES string of the molecule is CCn1c(=O)[nH]c2cc(CO)ccc2c1=O.CCn1c(=O)[nH]c2cc(CO)ccc2c1=O. The minimum Gasteiger partial charge on any atom is -0.392 e. The van der Waals surface area contributed by atoms with Crippen molar-refractivity contribution >= 4 is 21.8 Å². The Balaban J connectivity index is 0.000000181. The quantitative estimate of drug-likeness (QED) is 0.361. The van der Waals surface area contributed by atoms with Gasteiger partial charge in [-0.3, -0.25) is 18.7 Å². The molecule has 0 aliphatic carbocycles. The molecule has 4 rings (SSSR count). The zero-order valence-electron chi connectivity index (χ0n) is 17.7. The Hall–Kier alpha value is -3.76. The molecular formula is C22H24N4O6. The second-order valence-corrected chi connectivity index (χ2v) is 7.04. The second-order valence-electron chi connectivity index (χ2n) is 7.04. The standard InChI is InChI=1S/2C11H12N2O3/c2*1-2-13-10(15)8-4-3-7(6-14)5-9(8)12-11(13)16/h2*3-5,14H,2,6H2,1H3,(H,12,16). The van der Waals surface area contributed by atoms with E-state index in [2.05, 4.69) is 9.97 Å². The van der Waals surface area contributed by atoms with Crippen molar-refractivity contribution in [2.75, 3.05) is 0 Å². The predicted molar refractivity (Wildman–Crippen MR) is 121 cm³/mol. The van der Waals surface area contributed by atoms with Gasteiger partial charge in [0.05, 0.1) is 35.0 Å². The van der Waals surface area contributed by atoms with E-state index in [1.54, 1.807) is 50.2 Å². The van der Waals surface area contributed by atoms with Gasteiger partial charge in [0.25, 0.3) is 11.1 Å². The molecule has 32 heavy (non-hydrogen) atoms. The molecule has 168 valence electrons. The highest BCUT2D eigenvalue weighted by Crippen LogP contribution is 2.09. The summed E-state index contributed by atoms with van der Waals surface area (Å²) in [5.41, 5.74) is 0.813. The van der Waals surface area contributed by atoms with Crippen molar-refractivity contribution in [1.29, 1.82) is 0 Å². The molecule has 0 amide bonds. The van der Waals surface area contributed by atoms with Crippen LogP contribution in [0.1, 0.15) is 25.0 Å². The lowest BCUT2D eigenvalue weighted by Gasteiger charge is -2.04. The first-order chi connectivity index (χ1) is 15.3. The highest BCUT2D eigenvalue weighted by molar-refractivity contribution is 5.78. The van der Waals surface area contributed by atoms with Crippen molar-refractivity contribution in [3.63, 3.8) is 0 Å². The van der Waals surface area contributed by atoms with Gasteiger partial charge in [0.15, 0.2) is 0 Å². The van der Waals surface area contributed by atoms with E-state index in [0.717, 1.165) is 9.13 Å².